The van der Waals surface area contributed by atoms with Gasteiger partial charge in [0.05, 0.1) is 5.75 Å². The van der Waals surface area contributed by atoms with E-state index >= 15 is 0 Å². The van der Waals surface area contributed by atoms with Crippen LogP contribution in [0.4, 0.5) is 14.5 Å². The predicted molar refractivity (Wildman–Crippen MR) is 104 cm³/mol. The zero-order chi connectivity index (χ0) is 19.9. The Morgan fingerprint density at radius 1 is 0.893 bits per heavy atom. The third-order valence-corrected chi connectivity index (χ3v) is 4.59. The summed E-state index contributed by atoms with van der Waals surface area (Å²) >= 11 is 1.04. The third kappa shape index (κ3) is 5.40. The smallest absolute Gasteiger partial charge is 0.321 e. The number of ether oxygens (including phenoxy) is 1. The summed E-state index contributed by atoms with van der Waals surface area (Å²) in [7, 11) is 0. The molecule has 0 radical (unpaired) electrons. The van der Waals surface area contributed by atoms with E-state index in [2.05, 4.69) is 5.32 Å². The molecule has 0 aliphatic carbocycles. The molecule has 7 heteroatoms. The van der Waals surface area contributed by atoms with Crippen molar-refractivity contribution in [3.63, 3.8) is 0 Å². The van der Waals surface area contributed by atoms with Gasteiger partial charge in [0.1, 0.15) is 5.75 Å². The summed E-state index contributed by atoms with van der Waals surface area (Å²) in [6.07, 6.45) is 0. The molecule has 4 nitrogen and oxygen atoms in total. The molecule has 1 amide bonds. The maximum Gasteiger partial charge on any atom is 0.321 e. The number of hydrogen-bond acceptors (Lipinski definition) is 4. The molecule has 28 heavy (non-hydrogen) atoms. The molecule has 0 saturated carbocycles. The zero-order valence-electron chi connectivity index (χ0n) is 14.5. The van der Waals surface area contributed by atoms with Crippen molar-refractivity contribution in [2.45, 2.75) is 4.90 Å². The molecule has 0 bridgehead atoms. The van der Waals surface area contributed by atoms with Crippen LogP contribution < -0.4 is 10.1 Å². The summed E-state index contributed by atoms with van der Waals surface area (Å²) in [6, 6.07) is 18.5. The molecule has 0 unspecified atom stereocenters. The van der Waals surface area contributed by atoms with Crippen LogP contribution in [0.2, 0.25) is 0 Å². The van der Waals surface area contributed by atoms with Crippen LogP contribution in [0.25, 0.3) is 0 Å². The largest absolute Gasteiger partial charge is 0.426 e. The zero-order valence-corrected chi connectivity index (χ0v) is 15.3. The normalized spacial score (nSPS) is 10.4. The number of thioether (sulfide) groups is 1. The van der Waals surface area contributed by atoms with Crippen LogP contribution in [0.5, 0.6) is 5.75 Å². The lowest BCUT2D eigenvalue weighted by Gasteiger charge is -2.07. The Hall–Kier alpha value is -3.19. The fraction of sp³-hybridized carbons (Fsp3) is 0.0476. The number of anilines is 1. The molecule has 0 fully saturated rings. The fourth-order valence-corrected chi connectivity index (χ4v) is 2.96. The number of benzene rings is 3. The molecule has 3 rings (SSSR count). The minimum Gasteiger partial charge on any atom is -0.426 e. The molecule has 0 spiro atoms. The lowest BCUT2D eigenvalue weighted by Crippen LogP contribution is -2.12. The second-order valence-electron chi connectivity index (χ2n) is 5.68. The molecule has 0 aromatic heterocycles. The Balaban J connectivity index is 1.51. The number of amides is 1. The standard InChI is InChI=1S/C21H15F2NO3S/c22-18-11-10-17(12-19(18)23)28-13-20(25)27-16-8-6-15(7-9-16)24-21(26)14-4-2-1-3-5-14/h1-12H,13H2,(H,24,26). The van der Waals surface area contributed by atoms with Crippen molar-refractivity contribution in [2.24, 2.45) is 0 Å². The highest BCUT2D eigenvalue weighted by Crippen LogP contribution is 2.22. The number of rotatable bonds is 6. The Kier molecular flexibility index (Phi) is 6.39. The Bertz CT molecular complexity index is 979. The molecule has 0 saturated heterocycles. The quantitative estimate of drug-likeness (QED) is 0.363. The third-order valence-electron chi connectivity index (χ3n) is 3.63. The molecule has 0 aliphatic heterocycles. The fourth-order valence-electron chi connectivity index (χ4n) is 2.27. The van der Waals surface area contributed by atoms with Crippen molar-refractivity contribution in [3.05, 3.63) is 90.0 Å². The van der Waals surface area contributed by atoms with E-state index in [4.69, 9.17) is 4.74 Å². The lowest BCUT2D eigenvalue weighted by molar-refractivity contribution is -0.131. The van der Waals surface area contributed by atoms with Gasteiger partial charge in [0.25, 0.3) is 5.91 Å². The molecule has 142 valence electrons. The summed E-state index contributed by atoms with van der Waals surface area (Å²) in [6.45, 7) is 0. The van der Waals surface area contributed by atoms with Gasteiger partial charge in [-0.15, -0.1) is 11.8 Å². The summed E-state index contributed by atoms with van der Waals surface area (Å²) in [5.74, 6) is -2.42. The van der Waals surface area contributed by atoms with Gasteiger partial charge in [0.15, 0.2) is 11.6 Å². The van der Waals surface area contributed by atoms with E-state index in [0.717, 1.165) is 23.9 Å². The average molecular weight is 399 g/mol. The first-order valence-electron chi connectivity index (χ1n) is 8.26. The van der Waals surface area contributed by atoms with Crippen LogP contribution in [0.15, 0.2) is 77.7 Å². The van der Waals surface area contributed by atoms with Crippen LogP contribution in [-0.2, 0) is 4.79 Å². The van der Waals surface area contributed by atoms with Crippen molar-refractivity contribution in [1.82, 2.24) is 0 Å². The second kappa shape index (κ2) is 9.14. The van der Waals surface area contributed by atoms with Gasteiger partial charge in [0.2, 0.25) is 0 Å². The number of nitrogens with one attached hydrogen (secondary N) is 1. The highest BCUT2D eigenvalue weighted by molar-refractivity contribution is 8.00. The number of halogens is 2. The number of hydrogen-bond donors (Lipinski definition) is 1. The maximum atomic E-state index is 13.2. The van der Waals surface area contributed by atoms with Gasteiger partial charge in [-0.25, -0.2) is 8.78 Å². The van der Waals surface area contributed by atoms with E-state index in [1.807, 2.05) is 6.07 Å². The van der Waals surface area contributed by atoms with Crippen molar-refractivity contribution in [1.29, 1.82) is 0 Å². The van der Waals surface area contributed by atoms with E-state index < -0.39 is 17.6 Å². The van der Waals surface area contributed by atoms with Crippen LogP contribution in [0, 0.1) is 11.6 Å². The monoisotopic (exact) mass is 399 g/mol. The Morgan fingerprint density at radius 3 is 2.29 bits per heavy atom. The Morgan fingerprint density at radius 2 is 1.61 bits per heavy atom. The average Bonchev–Trinajstić information content (AvgIpc) is 2.71. The SMILES string of the molecule is O=C(CSc1ccc(F)c(F)c1)Oc1ccc(NC(=O)c2ccccc2)cc1. The highest BCUT2D eigenvalue weighted by atomic mass is 32.2. The maximum absolute atomic E-state index is 13.2. The molecule has 0 aliphatic rings. The molecule has 3 aromatic carbocycles. The van der Waals surface area contributed by atoms with Gasteiger partial charge in [0, 0.05) is 16.1 Å². The minimum atomic E-state index is -0.966. The van der Waals surface area contributed by atoms with Crippen molar-refractivity contribution in [2.75, 3.05) is 11.1 Å². The summed E-state index contributed by atoms with van der Waals surface area (Å²) in [4.78, 5) is 24.4. The van der Waals surface area contributed by atoms with Gasteiger partial charge >= 0.3 is 5.97 Å². The van der Waals surface area contributed by atoms with Crippen molar-refractivity contribution < 1.29 is 23.1 Å². The first kappa shape index (κ1) is 19.6. The predicted octanol–water partition coefficient (Wildman–Crippen LogP) is 4.91. The van der Waals surface area contributed by atoms with Gasteiger partial charge in [-0.05, 0) is 54.6 Å². The van der Waals surface area contributed by atoms with Gasteiger partial charge < -0.3 is 10.1 Å². The van der Waals surface area contributed by atoms with Crippen molar-refractivity contribution >= 4 is 29.3 Å². The first-order chi connectivity index (χ1) is 13.5. The molecular formula is C21H15F2NO3S. The van der Waals surface area contributed by atoms with Crippen molar-refractivity contribution in [3.8, 4) is 5.75 Å². The van der Waals surface area contributed by atoms with Crippen LogP contribution in [-0.4, -0.2) is 17.6 Å². The van der Waals surface area contributed by atoms with Crippen LogP contribution in [0.1, 0.15) is 10.4 Å². The molecule has 1 N–H and O–H groups in total. The summed E-state index contributed by atoms with van der Waals surface area (Å²) in [5.41, 5.74) is 1.09. The van der Waals surface area contributed by atoms with Gasteiger partial charge in [-0.1, -0.05) is 18.2 Å². The molecule has 0 atom stereocenters. The Labute approximate surface area is 164 Å². The van der Waals surface area contributed by atoms with Gasteiger partial charge in [-0.3, -0.25) is 9.59 Å². The topological polar surface area (TPSA) is 55.4 Å². The summed E-state index contributed by atoms with van der Waals surface area (Å²) < 4.78 is 31.2. The van der Waals surface area contributed by atoms with Crippen LogP contribution in [0.3, 0.4) is 0 Å². The van der Waals surface area contributed by atoms with E-state index in [-0.39, 0.29) is 11.7 Å². The summed E-state index contributed by atoms with van der Waals surface area (Å²) in [5, 5.41) is 2.75. The van der Waals surface area contributed by atoms with E-state index in [0.29, 0.717) is 21.9 Å². The number of carbonyl (C=O) groups is 2. The highest BCUT2D eigenvalue weighted by Gasteiger charge is 2.09. The minimum absolute atomic E-state index is 0.0580. The molecule has 3 aromatic rings. The number of carbonyl (C=O) groups excluding carboxylic acids is 2. The van der Waals surface area contributed by atoms with E-state index in [1.165, 1.54) is 6.07 Å². The molecule has 0 heterocycles. The lowest BCUT2D eigenvalue weighted by atomic mass is 10.2. The second-order valence-corrected chi connectivity index (χ2v) is 6.73. The molecular weight excluding hydrogens is 384 g/mol. The van der Waals surface area contributed by atoms with Gasteiger partial charge in [-0.2, -0.15) is 0 Å². The van der Waals surface area contributed by atoms with E-state index in [9.17, 15) is 18.4 Å². The number of esters is 1. The van der Waals surface area contributed by atoms with Crippen LogP contribution >= 0.6 is 11.8 Å². The first-order valence-corrected chi connectivity index (χ1v) is 9.25. The van der Waals surface area contributed by atoms with E-state index in [1.54, 1.807) is 48.5 Å².